The molecule has 2 aromatic rings. The van der Waals surface area contributed by atoms with Crippen LogP contribution in [0.15, 0.2) is 47.4 Å². The number of halogens is 2. The van der Waals surface area contributed by atoms with E-state index in [1.807, 2.05) is 6.92 Å². The van der Waals surface area contributed by atoms with Crippen molar-refractivity contribution < 1.29 is 17.6 Å². The van der Waals surface area contributed by atoms with E-state index in [1.165, 1.54) is 36.4 Å². The first-order valence-electron chi connectivity index (χ1n) is 7.19. The second-order valence-electron chi connectivity index (χ2n) is 5.02. The second-order valence-corrected chi connectivity index (χ2v) is 7.11. The van der Waals surface area contributed by atoms with E-state index >= 15 is 0 Å². The van der Waals surface area contributed by atoms with Crippen LogP contribution < -0.4 is 10.0 Å². The number of sulfonamides is 1. The minimum atomic E-state index is -3.93. The standard InChI is InChI=1S/C16H16ClFN2O3S/c1-2-8-19-16(21)11-4-3-5-13(9-11)24(22,23)20-12-6-7-15(18)14(17)10-12/h3-7,9-10,20H,2,8H2,1H3,(H,19,21). The second kappa shape index (κ2) is 7.63. The van der Waals surface area contributed by atoms with Gasteiger partial charge in [0.25, 0.3) is 15.9 Å². The highest BCUT2D eigenvalue weighted by Crippen LogP contribution is 2.22. The van der Waals surface area contributed by atoms with Gasteiger partial charge in [-0.15, -0.1) is 0 Å². The molecule has 128 valence electrons. The zero-order chi connectivity index (χ0) is 17.7. The summed E-state index contributed by atoms with van der Waals surface area (Å²) in [6.45, 7) is 2.42. The molecule has 0 bridgehead atoms. The lowest BCUT2D eigenvalue weighted by atomic mass is 10.2. The monoisotopic (exact) mass is 370 g/mol. The van der Waals surface area contributed by atoms with Gasteiger partial charge in [0.05, 0.1) is 15.6 Å². The summed E-state index contributed by atoms with van der Waals surface area (Å²) in [7, 11) is -3.93. The molecule has 0 saturated heterocycles. The van der Waals surface area contributed by atoms with Crippen molar-refractivity contribution >= 4 is 33.2 Å². The molecule has 0 aliphatic carbocycles. The van der Waals surface area contributed by atoms with E-state index in [9.17, 15) is 17.6 Å². The first-order valence-corrected chi connectivity index (χ1v) is 9.05. The van der Waals surface area contributed by atoms with Crippen molar-refractivity contribution in [2.75, 3.05) is 11.3 Å². The number of carbonyl (C=O) groups is 1. The number of carbonyl (C=O) groups excluding carboxylic acids is 1. The van der Waals surface area contributed by atoms with Crippen molar-refractivity contribution in [1.82, 2.24) is 5.32 Å². The molecule has 0 fully saturated rings. The number of hydrogen-bond donors (Lipinski definition) is 2. The third kappa shape index (κ3) is 4.46. The lowest BCUT2D eigenvalue weighted by Gasteiger charge is -2.10. The lowest BCUT2D eigenvalue weighted by Crippen LogP contribution is -2.24. The molecule has 8 heteroatoms. The third-order valence-electron chi connectivity index (χ3n) is 3.11. The Kier molecular flexibility index (Phi) is 5.80. The van der Waals surface area contributed by atoms with Gasteiger partial charge < -0.3 is 5.32 Å². The smallest absolute Gasteiger partial charge is 0.261 e. The summed E-state index contributed by atoms with van der Waals surface area (Å²) in [5.41, 5.74) is 0.366. The Morgan fingerprint density at radius 2 is 1.96 bits per heavy atom. The molecule has 0 spiro atoms. The molecule has 24 heavy (non-hydrogen) atoms. The van der Waals surface area contributed by atoms with E-state index in [1.54, 1.807) is 0 Å². The first kappa shape index (κ1) is 18.2. The van der Waals surface area contributed by atoms with E-state index in [4.69, 9.17) is 11.6 Å². The average Bonchev–Trinajstić information content (AvgIpc) is 2.56. The van der Waals surface area contributed by atoms with Crippen molar-refractivity contribution in [2.24, 2.45) is 0 Å². The number of hydrogen-bond acceptors (Lipinski definition) is 3. The van der Waals surface area contributed by atoms with Crippen LogP contribution >= 0.6 is 11.6 Å². The zero-order valence-electron chi connectivity index (χ0n) is 12.8. The molecule has 0 aliphatic rings. The number of rotatable bonds is 6. The molecule has 0 aromatic heterocycles. The fourth-order valence-corrected chi connectivity index (χ4v) is 3.19. The molecule has 2 N–H and O–H groups in total. The van der Waals surface area contributed by atoms with Gasteiger partial charge in [0.2, 0.25) is 0 Å². The van der Waals surface area contributed by atoms with Crippen LogP contribution in [0.25, 0.3) is 0 Å². The van der Waals surface area contributed by atoms with Gasteiger partial charge in [0.1, 0.15) is 5.82 Å². The van der Waals surface area contributed by atoms with E-state index in [2.05, 4.69) is 10.0 Å². The number of anilines is 1. The molecule has 1 amide bonds. The van der Waals surface area contributed by atoms with E-state index in [0.717, 1.165) is 12.5 Å². The van der Waals surface area contributed by atoms with E-state index < -0.39 is 15.8 Å². The van der Waals surface area contributed by atoms with Crippen molar-refractivity contribution in [1.29, 1.82) is 0 Å². The summed E-state index contributed by atoms with van der Waals surface area (Å²) < 4.78 is 40.3. The van der Waals surface area contributed by atoms with Crippen LogP contribution in [0.5, 0.6) is 0 Å². The van der Waals surface area contributed by atoms with Crippen LogP contribution in [0, 0.1) is 5.82 Å². The molecular formula is C16H16ClFN2O3S. The Bertz CT molecular complexity index is 856. The van der Waals surface area contributed by atoms with Gasteiger partial charge in [-0.1, -0.05) is 24.6 Å². The van der Waals surface area contributed by atoms with Gasteiger partial charge in [-0.2, -0.15) is 0 Å². The Morgan fingerprint density at radius 1 is 1.21 bits per heavy atom. The fraction of sp³-hybridized carbons (Fsp3) is 0.188. The molecule has 0 saturated carbocycles. The Hall–Kier alpha value is -2.12. The van der Waals surface area contributed by atoms with Crippen molar-refractivity contribution in [3.05, 3.63) is 58.9 Å². The molecular weight excluding hydrogens is 355 g/mol. The SMILES string of the molecule is CCCNC(=O)c1cccc(S(=O)(=O)Nc2ccc(F)c(Cl)c2)c1. The van der Waals surface area contributed by atoms with Gasteiger partial charge in [-0.05, 0) is 42.8 Å². The van der Waals surface area contributed by atoms with Crippen molar-refractivity contribution in [3.63, 3.8) is 0 Å². The van der Waals surface area contributed by atoms with Gasteiger partial charge in [-0.25, -0.2) is 12.8 Å². The zero-order valence-corrected chi connectivity index (χ0v) is 14.4. The highest BCUT2D eigenvalue weighted by atomic mass is 35.5. The number of amides is 1. The van der Waals surface area contributed by atoms with Crippen molar-refractivity contribution in [2.45, 2.75) is 18.2 Å². The van der Waals surface area contributed by atoms with Gasteiger partial charge in [0.15, 0.2) is 0 Å². The molecule has 2 rings (SSSR count). The predicted octanol–water partition coefficient (Wildman–Crippen LogP) is 3.42. The highest BCUT2D eigenvalue weighted by molar-refractivity contribution is 7.92. The quantitative estimate of drug-likeness (QED) is 0.818. The first-order chi connectivity index (χ1) is 11.3. The Balaban J connectivity index is 2.25. The molecule has 0 unspecified atom stereocenters. The van der Waals surface area contributed by atoms with Gasteiger partial charge in [0, 0.05) is 12.1 Å². The van der Waals surface area contributed by atoms with Crippen LogP contribution in [-0.4, -0.2) is 20.9 Å². The van der Waals surface area contributed by atoms with Crippen LogP contribution in [0.3, 0.4) is 0 Å². The topological polar surface area (TPSA) is 75.3 Å². The molecule has 0 heterocycles. The van der Waals surface area contributed by atoms with Crippen LogP contribution in [0.4, 0.5) is 10.1 Å². The maximum Gasteiger partial charge on any atom is 0.261 e. The summed E-state index contributed by atoms with van der Waals surface area (Å²) >= 11 is 5.64. The summed E-state index contributed by atoms with van der Waals surface area (Å²) in [5, 5.41) is 2.49. The molecule has 2 aromatic carbocycles. The maximum atomic E-state index is 13.1. The maximum absolute atomic E-state index is 13.1. The summed E-state index contributed by atoms with van der Waals surface area (Å²) in [5.74, 6) is -0.993. The Morgan fingerprint density at radius 3 is 2.62 bits per heavy atom. The summed E-state index contributed by atoms with van der Waals surface area (Å²) in [6.07, 6.45) is 0.774. The molecule has 0 atom stereocenters. The predicted molar refractivity (Wildman–Crippen MR) is 91.3 cm³/mol. The molecule has 0 radical (unpaired) electrons. The third-order valence-corrected chi connectivity index (χ3v) is 4.78. The summed E-state index contributed by atoms with van der Waals surface area (Å²) in [4.78, 5) is 11.9. The minimum absolute atomic E-state index is 0.0768. The average molecular weight is 371 g/mol. The summed E-state index contributed by atoms with van der Waals surface area (Å²) in [6, 6.07) is 9.14. The molecule has 0 aliphatic heterocycles. The minimum Gasteiger partial charge on any atom is -0.352 e. The van der Waals surface area contributed by atoms with Crippen LogP contribution in [0.1, 0.15) is 23.7 Å². The van der Waals surface area contributed by atoms with Crippen LogP contribution in [-0.2, 0) is 10.0 Å². The number of nitrogens with one attached hydrogen (secondary N) is 2. The normalized spacial score (nSPS) is 11.1. The lowest BCUT2D eigenvalue weighted by molar-refractivity contribution is 0.0953. The van der Waals surface area contributed by atoms with Gasteiger partial charge >= 0.3 is 0 Å². The van der Waals surface area contributed by atoms with Gasteiger partial charge in [-0.3, -0.25) is 9.52 Å². The highest BCUT2D eigenvalue weighted by Gasteiger charge is 2.17. The Labute approximate surface area is 144 Å². The van der Waals surface area contributed by atoms with Crippen LogP contribution in [0.2, 0.25) is 5.02 Å². The number of benzene rings is 2. The largest absolute Gasteiger partial charge is 0.352 e. The van der Waals surface area contributed by atoms with Crippen molar-refractivity contribution in [3.8, 4) is 0 Å². The molecule has 5 nitrogen and oxygen atoms in total. The van der Waals surface area contributed by atoms with E-state index in [-0.39, 0.29) is 27.1 Å². The fourth-order valence-electron chi connectivity index (χ4n) is 1.92. The van der Waals surface area contributed by atoms with E-state index in [0.29, 0.717) is 6.54 Å².